The Hall–Kier alpha value is -5.03. The number of carbonyl (C=O) groups is 8. The van der Waals surface area contributed by atoms with Crippen LogP contribution in [0.15, 0.2) is 42.5 Å². The molecule has 0 saturated carbocycles. The number of ketones is 1. The molecule has 0 aromatic heterocycles. The van der Waals surface area contributed by atoms with Gasteiger partial charge >= 0.3 is 5.97 Å². The van der Waals surface area contributed by atoms with Crippen molar-refractivity contribution in [3.63, 3.8) is 0 Å². The van der Waals surface area contributed by atoms with Gasteiger partial charge in [0, 0.05) is 71.1 Å². The fraction of sp³-hybridized carbons (Fsp3) is 0.692. The van der Waals surface area contributed by atoms with E-state index in [0.717, 1.165) is 5.56 Å². The van der Waals surface area contributed by atoms with Crippen molar-refractivity contribution in [3.05, 3.63) is 48.0 Å². The lowest BCUT2D eigenvalue weighted by Gasteiger charge is -2.41. The minimum atomic E-state index is -1.41. The molecule has 16 nitrogen and oxygen atoms in total. The number of ether oxygens (including phenoxy) is 2. The summed E-state index contributed by atoms with van der Waals surface area (Å²) < 4.78 is 27.1. The SMILES string of the molecule is CC[C@H](C)C(C(CC(=O)N1C[C@@H](F)C[C@H]1[C@H](OC)[C@@H](C)C(=O)N[C@@H](Cc1ccccc1)C(=O)O)OC)N(C)C(=O)[C@@H](NC(=O)C(CCC(C)C(=O)CCCCCN1C(=O)C=CC1=O)C(C)C)C(C)C. The van der Waals surface area contributed by atoms with Gasteiger partial charge in [-0.3, -0.25) is 38.5 Å². The summed E-state index contributed by atoms with van der Waals surface area (Å²) in [6.45, 7) is 14.9. The van der Waals surface area contributed by atoms with Crippen LogP contribution in [0.1, 0.15) is 119 Å². The molecular weight excluding hydrogens is 890 g/mol. The second-order valence-electron chi connectivity index (χ2n) is 19.8. The highest BCUT2D eigenvalue weighted by molar-refractivity contribution is 6.12. The topological polar surface area (TPSA) is 209 Å². The second-order valence-corrected chi connectivity index (χ2v) is 19.8. The number of carbonyl (C=O) groups excluding carboxylic acids is 7. The molecule has 1 fully saturated rings. The summed E-state index contributed by atoms with van der Waals surface area (Å²) in [5, 5.41) is 15.6. The third-order valence-corrected chi connectivity index (χ3v) is 14.2. The van der Waals surface area contributed by atoms with Gasteiger partial charge in [0.1, 0.15) is 24.0 Å². The van der Waals surface area contributed by atoms with Crippen LogP contribution in [0.3, 0.4) is 0 Å². The van der Waals surface area contributed by atoms with E-state index in [4.69, 9.17) is 9.47 Å². The molecule has 1 aromatic carbocycles. The van der Waals surface area contributed by atoms with Crippen LogP contribution in [0, 0.1) is 35.5 Å². The smallest absolute Gasteiger partial charge is 0.326 e. The quantitative estimate of drug-likeness (QED) is 0.0643. The van der Waals surface area contributed by atoms with Gasteiger partial charge in [-0.15, -0.1) is 0 Å². The molecule has 2 aliphatic rings. The number of rotatable bonds is 30. The number of halogens is 1. The van der Waals surface area contributed by atoms with Crippen LogP contribution in [0.5, 0.6) is 0 Å². The Morgan fingerprint density at radius 1 is 0.855 bits per heavy atom. The molecule has 0 bridgehead atoms. The lowest BCUT2D eigenvalue weighted by molar-refractivity contribution is -0.148. The molecule has 4 unspecified atom stereocenters. The number of nitrogens with one attached hydrogen (secondary N) is 2. The van der Waals surface area contributed by atoms with Crippen LogP contribution in [-0.2, 0) is 54.3 Å². The molecule has 2 heterocycles. The number of aliphatic carboxylic acids is 1. The van der Waals surface area contributed by atoms with E-state index in [2.05, 4.69) is 10.6 Å². The number of carboxylic acids is 1. The summed E-state index contributed by atoms with van der Waals surface area (Å²) in [5.41, 5.74) is 0.718. The monoisotopic (exact) mass is 970 g/mol. The number of methoxy groups -OCH3 is 2. The van der Waals surface area contributed by atoms with E-state index in [9.17, 15) is 43.5 Å². The van der Waals surface area contributed by atoms with E-state index in [0.29, 0.717) is 51.5 Å². The molecule has 6 amide bonds. The Morgan fingerprint density at radius 3 is 2.04 bits per heavy atom. The average Bonchev–Trinajstić information content (AvgIpc) is 3.86. The highest BCUT2D eigenvalue weighted by Gasteiger charge is 2.46. The van der Waals surface area contributed by atoms with Crippen LogP contribution in [0.4, 0.5) is 4.39 Å². The van der Waals surface area contributed by atoms with E-state index < -0.39 is 72.2 Å². The Kier molecular flexibility index (Phi) is 23.6. The molecule has 1 aromatic rings. The molecule has 386 valence electrons. The zero-order valence-corrected chi connectivity index (χ0v) is 42.8. The van der Waals surface area contributed by atoms with Crippen molar-refractivity contribution in [2.24, 2.45) is 35.5 Å². The van der Waals surface area contributed by atoms with Gasteiger partial charge in [0.2, 0.25) is 23.6 Å². The molecule has 3 N–H and O–H groups in total. The fourth-order valence-electron chi connectivity index (χ4n) is 9.62. The van der Waals surface area contributed by atoms with E-state index in [1.54, 1.807) is 49.2 Å². The van der Waals surface area contributed by atoms with Gasteiger partial charge in [-0.05, 0) is 49.0 Å². The third-order valence-electron chi connectivity index (χ3n) is 14.2. The van der Waals surface area contributed by atoms with Crippen molar-refractivity contribution in [2.45, 2.75) is 162 Å². The van der Waals surface area contributed by atoms with Crippen molar-refractivity contribution < 1.29 is 57.3 Å². The van der Waals surface area contributed by atoms with Crippen molar-refractivity contribution >= 4 is 47.2 Å². The zero-order valence-electron chi connectivity index (χ0n) is 42.8. The van der Waals surface area contributed by atoms with Gasteiger partial charge in [-0.1, -0.05) is 98.6 Å². The van der Waals surface area contributed by atoms with Crippen molar-refractivity contribution in [1.82, 2.24) is 25.3 Å². The first-order valence-electron chi connectivity index (χ1n) is 24.8. The van der Waals surface area contributed by atoms with Gasteiger partial charge in [-0.2, -0.15) is 0 Å². The highest BCUT2D eigenvalue weighted by Crippen LogP contribution is 2.31. The first kappa shape index (κ1) is 58.3. The van der Waals surface area contributed by atoms with Crippen LogP contribution < -0.4 is 10.6 Å². The predicted molar refractivity (Wildman–Crippen MR) is 259 cm³/mol. The first-order valence-corrected chi connectivity index (χ1v) is 24.8. The Bertz CT molecular complexity index is 1910. The maximum atomic E-state index is 15.3. The van der Waals surface area contributed by atoms with Crippen LogP contribution in [-0.4, -0.2) is 144 Å². The van der Waals surface area contributed by atoms with Gasteiger partial charge in [0.15, 0.2) is 0 Å². The lowest BCUT2D eigenvalue weighted by Crippen LogP contribution is -2.58. The zero-order chi connectivity index (χ0) is 51.7. The number of benzene rings is 1. The molecular formula is C52H80FN5O11. The fourth-order valence-corrected chi connectivity index (χ4v) is 9.62. The molecule has 11 atom stereocenters. The number of likely N-dealkylation sites (N-methyl/N-ethyl adjacent to an activating group) is 1. The molecule has 0 spiro atoms. The third kappa shape index (κ3) is 16.5. The number of likely N-dealkylation sites (tertiary alicyclic amines) is 1. The van der Waals surface area contributed by atoms with Crippen molar-refractivity contribution in [3.8, 4) is 0 Å². The van der Waals surface area contributed by atoms with E-state index in [1.807, 2.05) is 48.5 Å². The van der Waals surface area contributed by atoms with Crippen LogP contribution in [0.2, 0.25) is 0 Å². The van der Waals surface area contributed by atoms with E-state index in [-0.39, 0.29) is 78.9 Å². The summed E-state index contributed by atoms with van der Waals surface area (Å²) in [6.07, 6.45) is 2.79. The number of carboxylic acid groups (broad SMARTS) is 1. The molecule has 2 aliphatic heterocycles. The molecule has 0 radical (unpaired) electrons. The van der Waals surface area contributed by atoms with Gasteiger partial charge < -0.3 is 35.0 Å². The number of unbranched alkanes of at least 4 members (excludes halogenated alkanes) is 2. The van der Waals surface area contributed by atoms with Crippen molar-refractivity contribution in [1.29, 1.82) is 0 Å². The standard InChI is InChI=1S/C52H80FN5O11/c1-12-33(6)47(42(68-10)29-45(62)58-30-37(53)28-40(58)48(69-11)35(8)49(63)54-39(52(66)67)27-36-19-15-13-16-20-36)56(9)51(65)46(32(4)5)55-50(64)38(31(2)3)23-22-34(7)41(59)21-17-14-18-26-57-43(60)24-25-44(57)61/h13,15-16,19-20,24-25,31-35,37-40,42,46-48H,12,14,17-18,21-23,26-30H2,1-11H3,(H,54,63)(H,55,64)(H,66,67)/t33-,34?,35+,37-,38?,39-,40-,42?,46-,47?,48+/m0/s1. The number of hydrogen-bond donors (Lipinski definition) is 3. The summed E-state index contributed by atoms with van der Waals surface area (Å²) in [6, 6.07) is 5.21. The number of imide groups is 1. The lowest BCUT2D eigenvalue weighted by atomic mass is 9.85. The van der Waals surface area contributed by atoms with Crippen LogP contribution in [0.25, 0.3) is 0 Å². The van der Waals surface area contributed by atoms with Crippen LogP contribution >= 0.6 is 0 Å². The van der Waals surface area contributed by atoms with Gasteiger partial charge in [0.25, 0.3) is 11.8 Å². The summed E-state index contributed by atoms with van der Waals surface area (Å²) in [4.78, 5) is 109. The van der Waals surface area contributed by atoms with Gasteiger partial charge in [0.05, 0.1) is 43.2 Å². The summed E-state index contributed by atoms with van der Waals surface area (Å²) in [5.74, 6) is -5.86. The maximum Gasteiger partial charge on any atom is 0.326 e. The van der Waals surface area contributed by atoms with E-state index in [1.165, 1.54) is 36.2 Å². The first-order chi connectivity index (χ1) is 32.6. The second kappa shape index (κ2) is 28.0. The number of alkyl halides is 1. The number of nitrogens with zero attached hydrogens (tertiary/aromatic N) is 3. The minimum absolute atomic E-state index is 0.0460. The number of Topliss-reactive ketones (excluding diaryl/α,β-unsaturated/α-hetero) is 1. The summed E-state index contributed by atoms with van der Waals surface area (Å²) >= 11 is 0. The Labute approximate surface area is 408 Å². The Morgan fingerprint density at radius 2 is 1.49 bits per heavy atom. The molecule has 17 heteroatoms. The molecule has 69 heavy (non-hydrogen) atoms. The molecule has 3 rings (SSSR count). The summed E-state index contributed by atoms with van der Waals surface area (Å²) in [7, 11) is 4.45. The minimum Gasteiger partial charge on any atom is -0.480 e. The maximum absolute atomic E-state index is 15.3. The Balaban J connectivity index is 1.69. The number of hydrogen-bond acceptors (Lipinski definition) is 10. The average molecular weight is 970 g/mol. The normalized spacial score (nSPS) is 20.0. The van der Waals surface area contributed by atoms with Gasteiger partial charge in [-0.25, -0.2) is 9.18 Å². The predicted octanol–water partition coefficient (Wildman–Crippen LogP) is 5.55. The largest absolute Gasteiger partial charge is 0.480 e. The molecule has 0 aliphatic carbocycles. The van der Waals surface area contributed by atoms with Crippen molar-refractivity contribution in [2.75, 3.05) is 34.4 Å². The molecule has 1 saturated heterocycles. The van der Waals surface area contributed by atoms with E-state index >= 15 is 4.39 Å². The number of amides is 6. The highest BCUT2D eigenvalue weighted by atomic mass is 19.1.